The maximum absolute atomic E-state index is 14.1. The molecule has 2 aliphatic rings. The number of hydrogen-bond donors (Lipinski definition) is 3. The first kappa shape index (κ1) is 27.3. The molecule has 5 rings (SSSR count). The number of benzene rings is 2. The first-order valence-electron chi connectivity index (χ1n) is 13.8. The molecular formula is C30H38FN5O3. The minimum atomic E-state index is -1.03. The summed E-state index contributed by atoms with van der Waals surface area (Å²) in [7, 11) is 1.61. The number of rotatable bonds is 9. The molecule has 1 aliphatic heterocycles. The Balaban J connectivity index is 1.42. The second kappa shape index (κ2) is 12.3. The highest BCUT2D eigenvalue weighted by Gasteiger charge is 2.42. The predicted molar refractivity (Wildman–Crippen MR) is 149 cm³/mol. The lowest BCUT2D eigenvalue weighted by atomic mass is 9.80. The summed E-state index contributed by atoms with van der Waals surface area (Å²) < 4.78 is 20.7. The number of carbonyl (C=O) groups is 1. The van der Waals surface area contributed by atoms with Crippen molar-refractivity contribution in [3.8, 4) is 11.3 Å². The van der Waals surface area contributed by atoms with E-state index in [2.05, 4.69) is 15.6 Å². The van der Waals surface area contributed by atoms with Crippen LogP contribution in [0.4, 0.5) is 10.1 Å². The monoisotopic (exact) mass is 535 g/mol. The number of anilines is 1. The van der Waals surface area contributed by atoms with Gasteiger partial charge in [-0.05, 0) is 43.5 Å². The highest BCUT2D eigenvalue weighted by molar-refractivity contribution is 5.98. The van der Waals surface area contributed by atoms with Crippen LogP contribution in [0.3, 0.4) is 0 Å². The summed E-state index contributed by atoms with van der Waals surface area (Å²) in [5.74, 6) is -0.372. The van der Waals surface area contributed by atoms with Crippen LogP contribution in [0.2, 0.25) is 0 Å². The smallest absolute Gasteiger partial charge is 0.275 e. The Kier molecular flexibility index (Phi) is 8.60. The second-order valence-corrected chi connectivity index (χ2v) is 10.6. The van der Waals surface area contributed by atoms with E-state index in [-0.39, 0.29) is 30.4 Å². The summed E-state index contributed by atoms with van der Waals surface area (Å²) in [5, 5.41) is 18.3. The van der Waals surface area contributed by atoms with Crippen LogP contribution in [0.25, 0.3) is 11.3 Å². The number of nitrogens with one attached hydrogen (secondary N) is 2. The molecule has 3 aromatic rings. The quantitative estimate of drug-likeness (QED) is 0.382. The molecule has 0 spiro atoms. The summed E-state index contributed by atoms with van der Waals surface area (Å²) in [6, 6.07) is 15.9. The highest BCUT2D eigenvalue weighted by atomic mass is 19.1. The zero-order valence-corrected chi connectivity index (χ0v) is 22.5. The average Bonchev–Trinajstić information content (AvgIpc) is 3.39. The van der Waals surface area contributed by atoms with Gasteiger partial charge in [0.25, 0.3) is 5.91 Å². The molecule has 1 aromatic heterocycles. The molecule has 1 saturated carbocycles. The lowest BCUT2D eigenvalue weighted by Gasteiger charge is -2.41. The summed E-state index contributed by atoms with van der Waals surface area (Å²) in [6.07, 6.45) is 5.81. The van der Waals surface area contributed by atoms with Gasteiger partial charge in [0, 0.05) is 50.6 Å². The standard InChI is InChI=1S/C30H38FN5O3/c1-39-20-30(38)15-6-5-9-26(30)36-21-34-27(28(36)22-7-3-2-4-8-22)29(37)35-18-17-32-19-25(35)14-16-33-24-12-10-23(31)11-13-24/h2-4,7-8,10-13,21,25-26,32-33,38H,5-6,9,14-20H2,1H3/t25-,26-,30-/m1/s1. The normalized spacial score (nSPS) is 23.5. The van der Waals surface area contributed by atoms with E-state index in [9.17, 15) is 14.3 Å². The third-order valence-corrected chi connectivity index (χ3v) is 7.99. The molecule has 208 valence electrons. The topological polar surface area (TPSA) is 91.6 Å². The van der Waals surface area contributed by atoms with Crippen LogP contribution in [-0.2, 0) is 4.74 Å². The van der Waals surface area contributed by atoms with Gasteiger partial charge in [0.05, 0.1) is 24.7 Å². The van der Waals surface area contributed by atoms with Crippen LogP contribution in [0, 0.1) is 5.82 Å². The number of imidazole rings is 1. The Labute approximate surface area is 229 Å². The first-order valence-corrected chi connectivity index (χ1v) is 13.8. The molecule has 1 aliphatic carbocycles. The summed E-state index contributed by atoms with van der Waals surface area (Å²) >= 11 is 0. The molecule has 0 unspecified atom stereocenters. The average molecular weight is 536 g/mol. The van der Waals surface area contributed by atoms with Crippen molar-refractivity contribution in [3.05, 3.63) is 72.4 Å². The van der Waals surface area contributed by atoms with E-state index in [1.807, 2.05) is 39.8 Å². The SMILES string of the molecule is COC[C@]1(O)CCCC[C@H]1n1cnc(C(=O)N2CCNC[C@H]2CCNc2ccc(F)cc2)c1-c1ccccc1. The van der Waals surface area contributed by atoms with Crippen molar-refractivity contribution in [2.24, 2.45) is 0 Å². The van der Waals surface area contributed by atoms with Crippen molar-refractivity contribution in [2.45, 2.75) is 49.8 Å². The molecule has 3 atom stereocenters. The molecule has 0 radical (unpaired) electrons. The Bertz CT molecular complexity index is 1230. The molecule has 8 nitrogen and oxygen atoms in total. The van der Waals surface area contributed by atoms with E-state index in [0.29, 0.717) is 38.3 Å². The molecule has 2 fully saturated rings. The van der Waals surface area contributed by atoms with E-state index in [1.165, 1.54) is 12.1 Å². The van der Waals surface area contributed by atoms with E-state index in [1.54, 1.807) is 25.6 Å². The molecular weight excluding hydrogens is 497 g/mol. The summed E-state index contributed by atoms with van der Waals surface area (Å²) in [6.45, 7) is 2.86. The van der Waals surface area contributed by atoms with Gasteiger partial charge < -0.3 is 29.9 Å². The van der Waals surface area contributed by atoms with Crippen molar-refractivity contribution in [1.82, 2.24) is 19.8 Å². The minimum Gasteiger partial charge on any atom is -0.385 e. The molecule has 2 heterocycles. The van der Waals surface area contributed by atoms with E-state index in [0.717, 1.165) is 42.6 Å². The maximum Gasteiger partial charge on any atom is 0.275 e. The number of aromatic nitrogens is 2. The van der Waals surface area contributed by atoms with Crippen molar-refractivity contribution in [2.75, 3.05) is 45.2 Å². The van der Waals surface area contributed by atoms with E-state index >= 15 is 0 Å². The molecule has 9 heteroatoms. The van der Waals surface area contributed by atoms with E-state index in [4.69, 9.17) is 4.74 Å². The number of hydrogen-bond acceptors (Lipinski definition) is 6. The van der Waals surface area contributed by atoms with Gasteiger partial charge in [0.1, 0.15) is 11.4 Å². The second-order valence-electron chi connectivity index (χ2n) is 10.6. The highest BCUT2D eigenvalue weighted by Crippen LogP contribution is 2.41. The van der Waals surface area contributed by atoms with Gasteiger partial charge in [-0.2, -0.15) is 0 Å². The number of aliphatic hydroxyl groups is 1. The summed E-state index contributed by atoms with van der Waals surface area (Å²) in [5.41, 5.74) is 1.86. The van der Waals surface area contributed by atoms with Crippen LogP contribution < -0.4 is 10.6 Å². The molecule has 1 saturated heterocycles. The van der Waals surface area contributed by atoms with E-state index < -0.39 is 5.60 Å². The van der Waals surface area contributed by atoms with Crippen molar-refractivity contribution < 1.29 is 19.0 Å². The predicted octanol–water partition coefficient (Wildman–Crippen LogP) is 4.10. The van der Waals surface area contributed by atoms with Crippen molar-refractivity contribution >= 4 is 11.6 Å². The molecule has 3 N–H and O–H groups in total. The summed E-state index contributed by atoms with van der Waals surface area (Å²) in [4.78, 5) is 20.7. The van der Waals surface area contributed by atoms with Gasteiger partial charge in [-0.1, -0.05) is 43.2 Å². The van der Waals surface area contributed by atoms with Crippen LogP contribution >= 0.6 is 0 Å². The molecule has 0 bridgehead atoms. The van der Waals surface area contributed by atoms with Crippen LogP contribution in [0.15, 0.2) is 60.9 Å². The fraction of sp³-hybridized carbons (Fsp3) is 0.467. The number of methoxy groups -OCH3 is 1. The van der Waals surface area contributed by atoms with Crippen molar-refractivity contribution in [1.29, 1.82) is 0 Å². The molecule has 1 amide bonds. The third kappa shape index (κ3) is 6.00. The van der Waals surface area contributed by atoms with Gasteiger partial charge in [0.15, 0.2) is 5.69 Å². The zero-order valence-electron chi connectivity index (χ0n) is 22.5. The number of ether oxygens (including phenoxy) is 1. The third-order valence-electron chi connectivity index (χ3n) is 7.99. The molecule has 2 aromatic carbocycles. The maximum atomic E-state index is 14.1. The largest absolute Gasteiger partial charge is 0.385 e. The van der Waals surface area contributed by atoms with Crippen LogP contribution in [0.5, 0.6) is 0 Å². The number of nitrogens with zero attached hydrogens (tertiary/aromatic N) is 3. The van der Waals surface area contributed by atoms with Gasteiger partial charge in [-0.3, -0.25) is 4.79 Å². The number of halogens is 1. The van der Waals surface area contributed by atoms with Gasteiger partial charge >= 0.3 is 0 Å². The Morgan fingerprint density at radius 1 is 1.21 bits per heavy atom. The zero-order chi connectivity index (χ0) is 27.2. The number of carbonyl (C=O) groups excluding carboxylic acids is 1. The lowest BCUT2D eigenvalue weighted by Crippen LogP contribution is -2.54. The Morgan fingerprint density at radius 2 is 2.00 bits per heavy atom. The van der Waals surface area contributed by atoms with Gasteiger partial charge in [0.2, 0.25) is 0 Å². The molecule has 39 heavy (non-hydrogen) atoms. The van der Waals surface area contributed by atoms with Gasteiger partial charge in [-0.15, -0.1) is 0 Å². The Hall–Kier alpha value is -3.27. The lowest BCUT2D eigenvalue weighted by molar-refractivity contribution is -0.0893. The first-order chi connectivity index (χ1) is 19.0. The van der Waals surface area contributed by atoms with Crippen molar-refractivity contribution in [3.63, 3.8) is 0 Å². The fourth-order valence-electron chi connectivity index (χ4n) is 6.03. The van der Waals surface area contributed by atoms with Gasteiger partial charge in [-0.25, -0.2) is 9.37 Å². The minimum absolute atomic E-state index is 0.0203. The van der Waals surface area contributed by atoms with Crippen LogP contribution in [-0.4, -0.2) is 77.0 Å². The Morgan fingerprint density at radius 3 is 2.77 bits per heavy atom. The number of amides is 1. The van der Waals surface area contributed by atoms with Crippen LogP contribution in [0.1, 0.15) is 48.6 Å². The number of piperazine rings is 1. The fourth-order valence-corrected chi connectivity index (χ4v) is 6.03.